The summed E-state index contributed by atoms with van der Waals surface area (Å²) in [4.78, 5) is 9.45. The highest BCUT2D eigenvalue weighted by atomic mass is 15.3. The number of hydrogen-bond donors (Lipinski definition) is 2. The monoisotopic (exact) mass is 287 g/mol. The van der Waals surface area contributed by atoms with Crippen molar-refractivity contribution in [1.82, 2.24) is 9.88 Å². The minimum absolute atomic E-state index is 0.122. The highest BCUT2D eigenvalue weighted by Crippen LogP contribution is 2.27. The van der Waals surface area contributed by atoms with E-state index in [-0.39, 0.29) is 5.84 Å². The number of nitrogens with two attached hydrogens (primary N) is 1. The molecule has 21 heavy (non-hydrogen) atoms. The maximum absolute atomic E-state index is 7.83. The molecule has 2 aliphatic rings. The predicted octanol–water partition coefficient (Wildman–Crippen LogP) is 1.74. The summed E-state index contributed by atoms with van der Waals surface area (Å²) in [5.41, 5.74) is 7.61. The molecule has 5 heteroatoms. The maximum Gasteiger partial charge on any atom is 0.139 e. The second-order valence-electron chi connectivity index (χ2n) is 6.23. The van der Waals surface area contributed by atoms with Crippen LogP contribution in [-0.4, -0.2) is 47.9 Å². The Morgan fingerprint density at radius 1 is 1.29 bits per heavy atom. The lowest BCUT2D eigenvalue weighted by Gasteiger charge is -2.32. The van der Waals surface area contributed by atoms with Crippen LogP contribution in [0.5, 0.6) is 0 Å². The van der Waals surface area contributed by atoms with Gasteiger partial charge in [0.25, 0.3) is 0 Å². The van der Waals surface area contributed by atoms with Gasteiger partial charge in [-0.25, -0.2) is 4.98 Å². The molecule has 3 N–H and O–H groups in total. The van der Waals surface area contributed by atoms with Crippen LogP contribution in [0.25, 0.3) is 0 Å². The zero-order valence-electron chi connectivity index (χ0n) is 12.8. The molecule has 0 bridgehead atoms. The Bertz CT molecular complexity index is 521. The summed E-state index contributed by atoms with van der Waals surface area (Å²) in [7, 11) is 0. The third-order valence-corrected chi connectivity index (χ3v) is 4.78. The molecule has 5 nitrogen and oxygen atoms in total. The number of pyridine rings is 1. The van der Waals surface area contributed by atoms with Gasteiger partial charge < -0.3 is 10.6 Å². The normalized spacial score (nSPS) is 23.5. The Balaban J connectivity index is 1.77. The number of piperidine rings is 1. The molecule has 3 heterocycles. The Morgan fingerprint density at radius 3 is 2.76 bits per heavy atom. The van der Waals surface area contributed by atoms with Crippen molar-refractivity contribution in [1.29, 1.82) is 5.41 Å². The van der Waals surface area contributed by atoms with E-state index in [1.54, 1.807) is 0 Å². The van der Waals surface area contributed by atoms with Crippen LogP contribution >= 0.6 is 0 Å². The smallest absolute Gasteiger partial charge is 0.139 e. The van der Waals surface area contributed by atoms with Crippen LogP contribution in [0.3, 0.4) is 0 Å². The van der Waals surface area contributed by atoms with Crippen LogP contribution < -0.4 is 10.6 Å². The molecular weight excluding hydrogens is 262 g/mol. The van der Waals surface area contributed by atoms with E-state index in [0.717, 1.165) is 30.0 Å². The maximum atomic E-state index is 7.83. The summed E-state index contributed by atoms with van der Waals surface area (Å²) in [6.45, 7) is 6.49. The third-order valence-electron chi connectivity index (χ3n) is 4.78. The Morgan fingerprint density at radius 2 is 2.05 bits per heavy atom. The molecule has 0 aliphatic carbocycles. The van der Waals surface area contributed by atoms with Crippen molar-refractivity contribution in [2.24, 2.45) is 5.73 Å². The van der Waals surface area contributed by atoms with Crippen molar-refractivity contribution in [3.05, 3.63) is 23.4 Å². The summed E-state index contributed by atoms with van der Waals surface area (Å²) >= 11 is 0. The number of rotatable bonds is 3. The molecule has 3 rings (SSSR count). The fourth-order valence-electron chi connectivity index (χ4n) is 3.63. The molecule has 2 saturated heterocycles. The molecule has 0 amide bonds. The van der Waals surface area contributed by atoms with Gasteiger partial charge in [-0.3, -0.25) is 10.3 Å². The first-order chi connectivity index (χ1) is 10.2. The SMILES string of the molecule is Cc1ccnc(N2CCC(N3CCCCC3)C2)c1C(=N)N. The van der Waals surface area contributed by atoms with Gasteiger partial charge in [0.2, 0.25) is 0 Å². The topological polar surface area (TPSA) is 69.2 Å². The van der Waals surface area contributed by atoms with Crippen molar-refractivity contribution < 1.29 is 0 Å². The molecule has 2 aliphatic heterocycles. The molecule has 1 aromatic rings. The fourth-order valence-corrected chi connectivity index (χ4v) is 3.63. The molecule has 1 unspecified atom stereocenters. The van der Waals surface area contributed by atoms with Gasteiger partial charge in [0.1, 0.15) is 11.7 Å². The molecule has 1 atom stereocenters. The summed E-state index contributed by atoms with van der Waals surface area (Å²) in [5.74, 6) is 1.01. The number of nitrogen functional groups attached to an aromatic ring is 1. The average molecular weight is 287 g/mol. The van der Waals surface area contributed by atoms with Crippen molar-refractivity contribution in [2.45, 2.75) is 38.6 Å². The number of nitrogens with one attached hydrogen (secondary N) is 1. The van der Waals surface area contributed by atoms with Gasteiger partial charge in [-0.2, -0.15) is 0 Å². The molecule has 0 radical (unpaired) electrons. The second-order valence-corrected chi connectivity index (χ2v) is 6.23. The van der Waals surface area contributed by atoms with E-state index < -0.39 is 0 Å². The number of hydrogen-bond acceptors (Lipinski definition) is 4. The molecule has 0 aromatic carbocycles. The quantitative estimate of drug-likeness (QED) is 0.656. The third kappa shape index (κ3) is 2.88. The van der Waals surface area contributed by atoms with Crippen LogP contribution in [-0.2, 0) is 0 Å². The largest absolute Gasteiger partial charge is 0.384 e. The summed E-state index contributed by atoms with van der Waals surface area (Å²) < 4.78 is 0. The molecule has 0 saturated carbocycles. The Labute approximate surface area is 126 Å². The highest BCUT2D eigenvalue weighted by Gasteiger charge is 2.30. The first-order valence-corrected chi connectivity index (χ1v) is 7.96. The number of amidine groups is 1. The van der Waals surface area contributed by atoms with Crippen LogP contribution in [0.4, 0.5) is 5.82 Å². The number of anilines is 1. The van der Waals surface area contributed by atoms with Gasteiger partial charge in [-0.05, 0) is 50.9 Å². The number of nitrogens with zero attached hydrogens (tertiary/aromatic N) is 3. The first kappa shape index (κ1) is 14.3. The van der Waals surface area contributed by atoms with E-state index in [2.05, 4.69) is 14.8 Å². The predicted molar refractivity (Wildman–Crippen MR) is 86.0 cm³/mol. The minimum Gasteiger partial charge on any atom is -0.384 e. The Hall–Kier alpha value is -1.62. The molecule has 0 spiro atoms. The number of likely N-dealkylation sites (tertiary alicyclic amines) is 1. The van der Waals surface area contributed by atoms with Crippen LogP contribution in [0.2, 0.25) is 0 Å². The second kappa shape index (κ2) is 6.02. The molecule has 2 fully saturated rings. The summed E-state index contributed by atoms with van der Waals surface area (Å²) in [6.07, 6.45) is 7.05. The van der Waals surface area contributed by atoms with E-state index in [0.29, 0.717) is 6.04 Å². The minimum atomic E-state index is 0.122. The van der Waals surface area contributed by atoms with Gasteiger partial charge in [-0.15, -0.1) is 0 Å². The van der Waals surface area contributed by atoms with Gasteiger partial charge >= 0.3 is 0 Å². The van der Waals surface area contributed by atoms with Crippen molar-refractivity contribution in [3.63, 3.8) is 0 Å². The molecule has 114 valence electrons. The average Bonchev–Trinajstić information content (AvgIpc) is 2.97. The first-order valence-electron chi connectivity index (χ1n) is 7.96. The number of aromatic nitrogens is 1. The zero-order valence-corrected chi connectivity index (χ0v) is 12.8. The van der Waals surface area contributed by atoms with Crippen LogP contribution in [0.1, 0.15) is 36.8 Å². The van der Waals surface area contributed by atoms with Gasteiger partial charge in [0.15, 0.2) is 0 Å². The van der Waals surface area contributed by atoms with Gasteiger partial charge in [0.05, 0.1) is 5.56 Å². The van der Waals surface area contributed by atoms with Crippen molar-refractivity contribution in [3.8, 4) is 0 Å². The lowest BCUT2D eigenvalue weighted by Crippen LogP contribution is -2.41. The van der Waals surface area contributed by atoms with E-state index in [1.807, 2.05) is 19.2 Å². The van der Waals surface area contributed by atoms with Crippen LogP contribution in [0, 0.1) is 12.3 Å². The van der Waals surface area contributed by atoms with Crippen molar-refractivity contribution >= 4 is 11.7 Å². The van der Waals surface area contributed by atoms with E-state index in [4.69, 9.17) is 11.1 Å². The van der Waals surface area contributed by atoms with Gasteiger partial charge in [0, 0.05) is 25.3 Å². The lowest BCUT2D eigenvalue weighted by molar-refractivity contribution is 0.175. The zero-order chi connectivity index (χ0) is 14.8. The molecule has 1 aromatic heterocycles. The fraction of sp³-hybridized carbons (Fsp3) is 0.625. The van der Waals surface area contributed by atoms with E-state index in [1.165, 1.54) is 38.8 Å². The lowest BCUT2D eigenvalue weighted by atomic mass is 10.1. The van der Waals surface area contributed by atoms with Crippen molar-refractivity contribution in [2.75, 3.05) is 31.1 Å². The summed E-state index contributed by atoms with van der Waals surface area (Å²) in [6, 6.07) is 2.56. The summed E-state index contributed by atoms with van der Waals surface area (Å²) in [5, 5.41) is 7.83. The number of aryl methyl sites for hydroxylation is 1. The van der Waals surface area contributed by atoms with Crippen LogP contribution in [0.15, 0.2) is 12.3 Å². The van der Waals surface area contributed by atoms with E-state index in [9.17, 15) is 0 Å². The molecular formula is C16H25N5. The standard InChI is InChI=1S/C16H25N5/c1-12-5-7-19-16(14(12)15(17)18)21-10-6-13(11-21)20-8-3-2-4-9-20/h5,7,13H,2-4,6,8-11H2,1H3,(H3,17,18). The van der Waals surface area contributed by atoms with Gasteiger partial charge in [-0.1, -0.05) is 6.42 Å². The Kier molecular flexibility index (Phi) is 4.10. The highest BCUT2D eigenvalue weighted by molar-refractivity contribution is 6.01. The van der Waals surface area contributed by atoms with E-state index >= 15 is 0 Å².